The number of hydrogen-bond donors (Lipinski definition) is 2. The summed E-state index contributed by atoms with van der Waals surface area (Å²) < 4.78 is 12.2. The molecule has 4 nitrogen and oxygen atoms in total. The van der Waals surface area contributed by atoms with E-state index < -0.39 is 6.10 Å². The fourth-order valence-corrected chi connectivity index (χ4v) is 3.55. The average molecular weight is 395 g/mol. The van der Waals surface area contributed by atoms with Gasteiger partial charge in [0.25, 0.3) is 0 Å². The molecule has 0 radical (unpaired) electrons. The second-order valence-corrected chi connectivity index (χ2v) is 7.85. The van der Waals surface area contributed by atoms with Crippen LogP contribution in [-0.4, -0.2) is 41.7 Å². The normalized spacial score (nSPS) is 15.8. The van der Waals surface area contributed by atoms with Crippen LogP contribution in [0.25, 0.3) is 0 Å². The maximum atomic E-state index is 10.1. The Kier molecular flexibility index (Phi) is 14.1. The zero-order chi connectivity index (χ0) is 20.6. The van der Waals surface area contributed by atoms with Crippen LogP contribution in [0.4, 0.5) is 0 Å². The van der Waals surface area contributed by atoms with Crippen LogP contribution >= 0.6 is 0 Å². The van der Waals surface area contributed by atoms with Crippen molar-refractivity contribution in [1.82, 2.24) is 0 Å². The summed E-state index contributed by atoms with van der Waals surface area (Å²) in [6.07, 6.45) is 9.53. The third-order valence-corrected chi connectivity index (χ3v) is 5.35. The van der Waals surface area contributed by atoms with E-state index in [2.05, 4.69) is 6.92 Å². The van der Waals surface area contributed by atoms with E-state index in [1.54, 1.807) is 6.92 Å². The van der Waals surface area contributed by atoms with Gasteiger partial charge in [-0.05, 0) is 38.3 Å². The van der Waals surface area contributed by atoms with Gasteiger partial charge in [0.15, 0.2) is 0 Å². The molecule has 28 heavy (non-hydrogen) atoms. The Hall–Kier alpha value is -1.10. The molecule has 4 atom stereocenters. The first-order valence-corrected chi connectivity index (χ1v) is 11.2. The number of aliphatic hydroxyl groups excluding tert-OH is 2. The Bertz CT molecular complexity index is 459. The van der Waals surface area contributed by atoms with Crippen molar-refractivity contribution >= 4 is 0 Å². The third-order valence-electron chi connectivity index (χ3n) is 5.35. The monoisotopic (exact) mass is 394 g/mol. The number of rotatable bonds is 17. The minimum Gasteiger partial charge on any atom is -0.488 e. The number of para-hydroxylation sites is 1. The average Bonchev–Trinajstić information content (AvgIpc) is 2.70. The highest BCUT2D eigenvalue weighted by Gasteiger charge is 2.26. The molecule has 1 aromatic rings. The number of ether oxygens (including phenoxy) is 2. The Morgan fingerprint density at radius 2 is 1.57 bits per heavy atom. The lowest BCUT2D eigenvalue weighted by Gasteiger charge is -2.29. The summed E-state index contributed by atoms with van der Waals surface area (Å²) in [6, 6.07) is 9.85. The first-order valence-electron chi connectivity index (χ1n) is 11.2. The molecule has 0 aliphatic rings. The summed E-state index contributed by atoms with van der Waals surface area (Å²) in [5.74, 6) is 0.790. The van der Waals surface area contributed by atoms with Crippen molar-refractivity contribution in [3.8, 4) is 5.75 Å². The minimum absolute atomic E-state index is 0.0219. The molecular formula is C24H42O4. The summed E-state index contributed by atoms with van der Waals surface area (Å²) in [6.45, 7) is 6.43. The van der Waals surface area contributed by atoms with Gasteiger partial charge in [-0.25, -0.2) is 0 Å². The number of unbranched alkanes of at least 4 members (excludes halogenated alkanes) is 6. The fourth-order valence-electron chi connectivity index (χ4n) is 3.55. The second kappa shape index (κ2) is 15.8. The smallest absolute Gasteiger partial charge is 0.122 e. The summed E-state index contributed by atoms with van der Waals surface area (Å²) in [5, 5.41) is 19.7. The summed E-state index contributed by atoms with van der Waals surface area (Å²) in [4.78, 5) is 0. The van der Waals surface area contributed by atoms with Crippen LogP contribution in [0.1, 0.15) is 78.6 Å². The van der Waals surface area contributed by atoms with E-state index in [1.807, 2.05) is 37.3 Å². The van der Waals surface area contributed by atoms with E-state index in [-0.39, 0.29) is 24.7 Å². The van der Waals surface area contributed by atoms with Crippen LogP contribution in [0, 0.1) is 5.92 Å². The van der Waals surface area contributed by atoms with Gasteiger partial charge in [-0.3, -0.25) is 0 Å². The van der Waals surface area contributed by atoms with Crippen molar-refractivity contribution in [2.24, 2.45) is 5.92 Å². The van der Waals surface area contributed by atoms with Crippen LogP contribution in [0.15, 0.2) is 30.3 Å². The Balaban J connectivity index is 2.54. The molecule has 2 N–H and O–H groups in total. The van der Waals surface area contributed by atoms with Gasteiger partial charge < -0.3 is 19.7 Å². The van der Waals surface area contributed by atoms with Crippen LogP contribution in [-0.2, 0) is 4.74 Å². The zero-order valence-electron chi connectivity index (χ0n) is 18.2. The first kappa shape index (κ1) is 24.9. The summed E-state index contributed by atoms with van der Waals surface area (Å²) in [7, 11) is 0. The van der Waals surface area contributed by atoms with Crippen molar-refractivity contribution in [2.75, 3.05) is 13.2 Å². The molecular weight excluding hydrogens is 352 g/mol. The molecule has 0 bridgehead atoms. The van der Waals surface area contributed by atoms with E-state index in [4.69, 9.17) is 9.47 Å². The predicted molar refractivity (Wildman–Crippen MR) is 116 cm³/mol. The lowest BCUT2D eigenvalue weighted by Crippen LogP contribution is -2.39. The van der Waals surface area contributed by atoms with Gasteiger partial charge in [-0.2, -0.15) is 0 Å². The van der Waals surface area contributed by atoms with Crippen molar-refractivity contribution in [1.29, 1.82) is 0 Å². The molecule has 1 aromatic carbocycles. The van der Waals surface area contributed by atoms with E-state index in [0.29, 0.717) is 6.61 Å². The van der Waals surface area contributed by atoms with Crippen LogP contribution < -0.4 is 4.74 Å². The molecule has 0 fully saturated rings. The molecule has 4 unspecified atom stereocenters. The van der Waals surface area contributed by atoms with E-state index in [1.165, 1.54) is 38.5 Å². The lowest BCUT2D eigenvalue weighted by atomic mass is 9.96. The highest BCUT2D eigenvalue weighted by Crippen LogP contribution is 2.20. The molecule has 0 aliphatic carbocycles. The molecule has 1 rings (SSSR count). The van der Waals surface area contributed by atoms with Gasteiger partial charge in [0, 0.05) is 12.5 Å². The van der Waals surface area contributed by atoms with Crippen molar-refractivity contribution < 1.29 is 19.7 Å². The van der Waals surface area contributed by atoms with Crippen LogP contribution in [0.3, 0.4) is 0 Å². The topological polar surface area (TPSA) is 58.9 Å². The number of hydrogen-bond acceptors (Lipinski definition) is 4. The maximum Gasteiger partial charge on any atom is 0.122 e. The first-order chi connectivity index (χ1) is 13.6. The molecule has 0 aliphatic heterocycles. The molecule has 0 saturated heterocycles. The third kappa shape index (κ3) is 10.4. The molecule has 4 heteroatoms. The summed E-state index contributed by atoms with van der Waals surface area (Å²) >= 11 is 0. The van der Waals surface area contributed by atoms with E-state index in [9.17, 15) is 10.2 Å². The van der Waals surface area contributed by atoms with E-state index >= 15 is 0 Å². The maximum absolute atomic E-state index is 10.1. The minimum atomic E-state index is -0.618. The quantitative estimate of drug-likeness (QED) is 0.349. The molecule has 0 amide bonds. The van der Waals surface area contributed by atoms with Crippen LogP contribution in [0.5, 0.6) is 5.75 Å². The van der Waals surface area contributed by atoms with Gasteiger partial charge in [-0.15, -0.1) is 0 Å². The highest BCUT2D eigenvalue weighted by molar-refractivity contribution is 5.21. The molecule has 0 spiro atoms. The Morgan fingerprint density at radius 3 is 2.14 bits per heavy atom. The predicted octanol–water partition coefficient (Wildman–Crippen LogP) is 5.36. The Morgan fingerprint density at radius 1 is 0.929 bits per heavy atom. The van der Waals surface area contributed by atoms with Gasteiger partial charge in [0.05, 0.1) is 18.8 Å². The lowest BCUT2D eigenvalue weighted by molar-refractivity contribution is -0.0931. The molecule has 162 valence electrons. The number of benzene rings is 1. The van der Waals surface area contributed by atoms with Crippen molar-refractivity contribution in [3.05, 3.63) is 30.3 Å². The number of aliphatic hydroxyl groups is 2. The van der Waals surface area contributed by atoms with Crippen molar-refractivity contribution in [2.45, 2.75) is 96.9 Å². The SMILES string of the molecule is CCCCCCCCCC(COC(C(C)O)C(CC)CO)Oc1ccccc1. The molecule has 0 saturated carbocycles. The van der Waals surface area contributed by atoms with Gasteiger partial charge in [-0.1, -0.05) is 70.6 Å². The largest absolute Gasteiger partial charge is 0.488 e. The van der Waals surface area contributed by atoms with Gasteiger partial charge in [0.1, 0.15) is 11.9 Å². The van der Waals surface area contributed by atoms with Gasteiger partial charge in [0.2, 0.25) is 0 Å². The molecule has 0 heterocycles. The highest BCUT2D eigenvalue weighted by atomic mass is 16.5. The van der Waals surface area contributed by atoms with Gasteiger partial charge >= 0.3 is 0 Å². The summed E-state index contributed by atoms with van der Waals surface area (Å²) in [5.41, 5.74) is 0. The Labute approximate surface area is 172 Å². The van der Waals surface area contributed by atoms with E-state index in [0.717, 1.165) is 25.0 Å². The standard InChI is InChI=1S/C24H42O4/c1-4-6-7-8-9-10-12-17-23(28-22-15-13-11-14-16-22)19-27-24(20(3)26)21(5-2)18-25/h11,13-16,20-21,23-26H,4-10,12,17-19H2,1-3H3. The van der Waals surface area contributed by atoms with Crippen LogP contribution in [0.2, 0.25) is 0 Å². The second-order valence-electron chi connectivity index (χ2n) is 7.85. The zero-order valence-corrected chi connectivity index (χ0v) is 18.2. The fraction of sp³-hybridized carbons (Fsp3) is 0.750. The molecule has 0 aromatic heterocycles. The van der Waals surface area contributed by atoms with Crippen molar-refractivity contribution in [3.63, 3.8) is 0 Å².